The monoisotopic (exact) mass is 275 g/mol. The highest BCUT2D eigenvalue weighted by Crippen LogP contribution is 2.41. The second-order valence-electron chi connectivity index (χ2n) is 5.76. The number of nitrogens with zero attached hydrogens (tertiary/aromatic N) is 2. The van der Waals surface area contributed by atoms with E-state index in [0.717, 1.165) is 11.4 Å². The van der Waals surface area contributed by atoms with Crippen molar-refractivity contribution < 1.29 is 13.2 Å². The summed E-state index contributed by atoms with van der Waals surface area (Å²) in [6.07, 6.45) is -2.38. The second kappa shape index (κ2) is 4.81. The van der Waals surface area contributed by atoms with E-state index in [0.29, 0.717) is 19.3 Å². The summed E-state index contributed by atoms with van der Waals surface area (Å²) in [5, 5.41) is 4.24. The third kappa shape index (κ3) is 3.29. The predicted molar refractivity (Wildman–Crippen MR) is 66.6 cm³/mol. The van der Waals surface area contributed by atoms with Crippen molar-refractivity contribution in [2.45, 2.75) is 50.7 Å². The van der Waals surface area contributed by atoms with Crippen LogP contribution in [0.2, 0.25) is 0 Å². The third-order valence-electron chi connectivity index (χ3n) is 4.08. The summed E-state index contributed by atoms with van der Waals surface area (Å²) < 4.78 is 39.7. The maximum atomic E-state index is 12.6. The fourth-order valence-corrected chi connectivity index (χ4v) is 2.89. The molecule has 2 rings (SSSR count). The first-order chi connectivity index (χ1) is 8.70. The largest absolute Gasteiger partial charge is 0.391 e. The first kappa shape index (κ1) is 14.4. The Balaban J connectivity index is 2.01. The van der Waals surface area contributed by atoms with Crippen molar-refractivity contribution in [2.75, 3.05) is 0 Å². The maximum absolute atomic E-state index is 12.6. The number of halogens is 3. The van der Waals surface area contributed by atoms with E-state index in [4.69, 9.17) is 5.73 Å². The molecule has 1 aliphatic rings. The van der Waals surface area contributed by atoms with Gasteiger partial charge in [-0.2, -0.15) is 18.3 Å². The van der Waals surface area contributed by atoms with Crippen LogP contribution in [0.5, 0.6) is 0 Å². The summed E-state index contributed by atoms with van der Waals surface area (Å²) in [4.78, 5) is 0. The van der Waals surface area contributed by atoms with Gasteiger partial charge in [0, 0.05) is 24.7 Å². The molecule has 0 aromatic carbocycles. The van der Waals surface area contributed by atoms with Crippen LogP contribution in [0.1, 0.15) is 37.1 Å². The summed E-state index contributed by atoms with van der Waals surface area (Å²) in [5.74, 6) is -1.18. The molecule has 1 saturated carbocycles. The van der Waals surface area contributed by atoms with E-state index in [1.165, 1.54) is 0 Å². The summed E-state index contributed by atoms with van der Waals surface area (Å²) in [5.41, 5.74) is 7.64. The van der Waals surface area contributed by atoms with Crippen LogP contribution in [-0.4, -0.2) is 21.5 Å². The zero-order valence-corrected chi connectivity index (χ0v) is 11.3. The van der Waals surface area contributed by atoms with Crippen molar-refractivity contribution >= 4 is 0 Å². The van der Waals surface area contributed by atoms with Gasteiger partial charge in [0.25, 0.3) is 0 Å². The lowest BCUT2D eigenvalue weighted by Crippen LogP contribution is -2.47. The highest BCUT2D eigenvalue weighted by atomic mass is 19.4. The van der Waals surface area contributed by atoms with Crippen LogP contribution in [0.4, 0.5) is 13.2 Å². The normalized spacial score (nSPS) is 28.6. The Morgan fingerprint density at radius 2 is 2.00 bits per heavy atom. The van der Waals surface area contributed by atoms with Crippen molar-refractivity contribution in [3.63, 3.8) is 0 Å². The minimum absolute atomic E-state index is 0.136. The van der Waals surface area contributed by atoms with Crippen LogP contribution in [0.3, 0.4) is 0 Å². The standard InChI is InChI=1S/C13H20F3N3/c1-9-7-11(19(2)18-9)8-12(17)5-3-10(4-6-12)13(14,15)16/h7,10H,3-6,8,17H2,1-2H3. The zero-order chi connectivity index (χ0) is 14.3. The molecule has 0 atom stereocenters. The van der Waals surface area contributed by atoms with Crippen LogP contribution >= 0.6 is 0 Å². The van der Waals surface area contributed by atoms with Gasteiger partial charge in [0.15, 0.2) is 0 Å². The number of nitrogens with two attached hydrogens (primary N) is 1. The Bertz CT molecular complexity index is 442. The van der Waals surface area contributed by atoms with E-state index in [9.17, 15) is 13.2 Å². The molecule has 0 bridgehead atoms. The van der Waals surface area contributed by atoms with Crippen molar-refractivity contribution in [3.05, 3.63) is 17.5 Å². The lowest BCUT2D eigenvalue weighted by molar-refractivity contribution is -0.184. The molecule has 0 radical (unpaired) electrons. The second-order valence-corrected chi connectivity index (χ2v) is 5.76. The van der Waals surface area contributed by atoms with E-state index in [2.05, 4.69) is 5.10 Å². The molecule has 0 unspecified atom stereocenters. The van der Waals surface area contributed by atoms with Gasteiger partial charge in [-0.15, -0.1) is 0 Å². The molecule has 0 saturated heterocycles. The molecule has 1 aromatic heterocycles. The Kier molecular flexibility index (Phi) is 3.64. The lowest BCUT2D eigenvalue weighted by Gasteiger charge is -2.37. The lowest BCUT2D eigenvalue weighted by atomic mass is 9.74. The average molecular weight is 275 g/mol. The first-order valence-electron chi connectivity index (χ1n) is 6.55. The Morgan fingerprint density at radius 3 is 2.42 bits per heavy atom. The van der Waals surface area contributed by atoms with Gasteiger partial charge in [0.1, 0.15) is 0 Å². The molecule has 6 heteroatoms. The van der Waals surface area contributed by atoms with Crippen molar-refractivity contribution in [2.24, 2.45) is 18.7 Å². The SMILES string of the molecule is Cc1cc(CC2(N)CCC(C(F)(F)F)CC2)n(C)n1. The van der Waals surface area contributed by atoms with E-state index < -0.39 is 17.6 Å². The fraction of sp³-hybridized carbons (Fsp3) is 0.769. The number of rotatable bonds is 2. The maximum Gasteiger partial charge on any atom is 0.391 e. The van der Waals surface area contributed by atoms with Gasteiger partial charge >= 0.3 is 6.18 Å². The predicted octanol–water partition coefficient (Wildman–Crippen LogP) is 2.72. The minimum atomic E-state index is -4.08. The van der Waals surface area contributed by atoms with E-state index >= 15 is 0 Å². The summed E-state index contributed by atoms with van der Waals surface area (Å²) in [6.45, 7) is 1.90. The zero-order valence-electron chi connectivity index (χ0n) is 11.3. The quantitative estimate of drug-likeness (QED) is 0.902. The molecule has 19 heavy (non-hydrogen) atoms. The van der Waals surface area contributed by atoms with Gasteiger partial charge in [-0.3, -0.25) is 4.68 Å². The fourth-order valence-electron chi connectivity index (χ4n) is 2.89. The summed E-state index contributed by atoms with van der Waals surface area (Å²) in [7, 11) is 1.84. The smallest absolute Gasteiger partial charge is 0.325 e. The molecule has 0 amide bonds. The molecular formula is C13H20F3N3. The number of hydrogen-bond donors (Lipinski definition) is 1. The molecule has 108 valence electrons. The van der Waals surface area contributed by atoms with Crippen LogP contribution in [-0.2, 0) is 13.5 Å². The van der Waals surface area contributed by atoms with Gasteiger partial charge in [0.05, 0.1) is 11.6 Å². The number of hydrogen-bond acceptors (Lipinski definition) is 2. The van der Waals surface area contributed by atoms with Crippen molar-refractivity contribution in [1.82, 2.24) is 9.78 Å². The molecule has 1 heterocycles. The van der Waals surface area contributed by atoms with Crippen LogP contribution < -0.4 is 5.73 Å². The molecular weight excluding hydrogens is 255 g/mol. The summed E-state index contributed by atoms with van der Waals surface area (Å²) in [6, 6.07) is 1.95. The Morgan fingerprint density at radius 1 is 1.42 bits per heavy atom. The minimum Gasteiger partial charge on any atom is -0.325 e. The number of alkyl halides is 3. The Labute approximate surface area is 111 Å². The number of aromatic nitrogens is 2. The molecule has 1 fully saturated rings. The van der Waals surface area contributed by atoms with Crippen LogP contribution in [0.15, 0.2) is 6.07 Å². The van der Waals surface area contributed by atoms with E-state index in [1.54, 1.807) is 4.68 Å². The Hall–Kier alpha value is -1.04. The highest BCUT2D eigenvalue weighted by Gasteiger charge is 2.44. The molecule has 1 aromatic rings. The van der Waals surface area contributed by atoms with Gasteiger partial charge in [0.2, 0.25) is 0 Å². The van der Waals surface area contributed by atoms with Crippen LogP contribution in [0.25, 0.3) is 0 Å². The first-order valence-corrected chi connectivity index (χ1v) is 6.55. The van der Waals surface area contributed by atoms with Crippen molar-refractivity contribution in [1.29, 1.82) is 0 Å². The topological polar surface area (TPSA) is 43.8 Å². The highest BCUT2D eigenvalue weighted by molar-refractivity contribution is 5.13. The van der Waals surface area contributed by atoms with Crippen LogP contribution in [0, 0.1) is 12.8 Å². The molecule has 0 aliphatic heterocycles. The van der Waals surface area contributed by atoms with Gasteiger partial charge < -0.3 is 5.73 Å². The van der Waals surface area contributed by atoms with E-state index in [-0.39, 0.29) is 12.8 Å². The molecule has 3 nitrogen and oxygen atoms in total. The van der Waals surface area contributed by atoms with Gasteiger partial charge in [-0.1, -0.05) is 0 Å². The average Bonchev–Trinajstić information content (AvgIpc) is 2.56. The number of aryl methyl sites for hydroxylation is 2. The molecule has 0 spiro atoms. The third-order valence-corrected chi connectivity index (χ3v) is 4.08. The van der Waals surface area contributed by atoms with Crippen molar-refractivity contribution in [3.8, 4) is 0 Å². The molecule has 1 aliphatic carbocycles. The van der Waals surface area contributed by atoms with E-state index in [1.807, 2.05) is 20.0 Å². The van der Waals surface area contributed by atoms with Gasteiger partial charge in [-0.25, -0.2) is 0 Å². The summed E-state index contributed by atoms with van der Waals surface area (Å²) >= 11 is 0. The molecule has 2 N–H and O–H groups in total. The van der Waals surface area contributed by atoms with Gasteiger partial charge in [-0.05, 0) is 38.7 Å².